The number of hydrogen-bond donors (Lipinski definition) is 2. The molecule has 0 saturated carbocycles. The summed E-state index contributed by atoms with van der Waals surface area (Å²) in [7, 11) is 0. The normalized spacial score (nSPS) is 13.0. The molecule has 0 spiro atoms. The van der Waals surface area contributed by atoms with Crippen LogP contribution in [-0.2, 0) is 11.2 Å². The molecule has 96 valence electrons. The number of halogens is 1. The Morgan fingerprint density at radius 1 is 1.47 bits per heavy atom. The Hall–Kier alpha value is -2.34. The highest BCUT2D eigenvalue weighted by Crippen LogP contribution is 2.32. The third-order valence-corrected chi connectivity index (χ3v) is 3.11. The van der Waals surface area contributed by atoms with Gasteiger partial charge in [-0.25, -0.2) is 9.78 Å². The summed E-state index contributed by atoms with van der Waals surface area (Å²) in [5.74, 6) is -0.0795. The third kappa shape index (κ3) is 2.17. The molecular formula is C12H9ClN4O2. The van der Waals surface area contributed by atoms with E-state index in [1.807, 2.05) is 0 Å². The number of fused-ring (bicyclic) bond motifs is 1. The molecule has 0 unspecified atom stereocenters. The van der Waals surface area contributed by atoms with E-state index in [1.54, 1.807) is 12.1 Å². The fourth-order valence-corrected chi connectivity index (χ4v) is 2.11. The van der Waals surface area contributed by atoms with E-state index in [9.17, 15) is 9.59 Å². The van der Waals surface area contributed by atoms with Crippen LogP contribution >= 0.6 is 11.6 Å². The predicted octanol–water partition coefficient (Wildman–Crippen LogP) is 2.11. The maximum absolute atomic E-state index is 11.9. The zero-order valence-electron chi connectivity index (χ0n) is 9.68. The van der Waals surface area contributed by atoms with Gasteiger partial charge in [0.25, 0.3) is 0 Å². The summed E-state index contributed by atoms with van der Waals surface area (Å²) in [5, 5.41) is 5.73. The number of rotatable bonds is 1. The van der Waals surface area contributed by atoms with Gasteiger partial charge < -0.3 is 10.6 Å². The van der Waals surface area contributed by atoms with Crippen molar-refractivity contribution in [2.45, 2.75) is 6.42 Å². The Morgan fingerprint density at radius 2 is 2.32 bits per heavy atom. The van der Waals surface area contributed by atoms with Crippen LogP contribution in [0.3, 0.4) is 0 Å². The van der Waals surface area contributed by atoms with E-state index < -0.39 is 0 Å². The molecule has 3 rings (SSSR count). The van der Waals surface area contributed by atoms with Crippen LogP contribution in [0.1, 0.15) is 5.56 Å². The molecule has 7 heteroatoms. The van der Waals surface area contributed by atoms with Crippen molar-refractivity contribution in [3.63, 3.8) is 0 Å². The minimum absolute atomic E-state index is 0.0795. The second kappa shape index (κ2) is 4.40. The van der Waals surface area contributed by atoms with Crippen LogP contribution in [0.2, 0.25) is 5.02 Å². The number of carbonyl (C=O) groups is 2. The van der Waals surface area contributed by atoms with Crippen molar-refractivity contribution in [1.82, 2.24) is 9.55 Å². The summed E-state index contributed by atoms with van der Waals surface area (Å²) in [4.78, 5) is 26.9. The van der Waals surface area contributed by atoms with Gasteiger partial charge in [0, 0.05) is 18.1 Å². The maximum atomic E-state index is 11.9. The summed E-state index contributed by atoms with van der Waals surface area (Å²) >= 11 is 6.07. The number of amides is 2. The Kier molecular flexibility index (Phi) is 2.72. The lowest BCUT2D eigenvalue weighted by molar-refractivity contribution is -0.115. The standard InChI is InChI=1S/C12H9ClN4O2/c13-8-5-9-7(4-11(18)15-9)3-10(8)16-12(19)17-2-1-14-6-17/h1-3,5-6H,4H2,(H,15,18)(H,16,19). The Balaban J connectivity index is 1.88. The summed E-state index contributed by atoms with van der Waals surface area (Å²) in [6.45, 7) is 0. The quantitative estimate of drug-likeness (QED) is 0.837. The molecule has 0 atom stereocenters. The molecule has 0 bridgehead atoms. The fraction of sp³-hybridized carbons (Fsp3) is 0.0833. The first-order valence-corrected chi connectivity index (χ1v) is 5.93. The van der Waals surface area contributed by atoms with Crippen molar-refractivity contribution in [3.05, 3.63) is 41.4 Å². The molecule has 1 aromatic heterocycles. The summed E-state index contributed by atoms with van der Waals surface area (Å²) in [5.41, 5.74) is 1.97. The second-order valence-electron chi connectivity index (χ2n) is 4.11. The zero-order chi connectivity index (χ0) is 13.4. The van der Waals surface area contributed by atoms with Crippen LogP contribution in [0.25, 0.3) is 0 Å². The highest BCUT2D eigenvalue weighted by Gasteiger charge is 2.20. The van der Waals surface area contributed by atoms with Crippen molar-refractivity contribution in [3.8, 4) is 0 Å². The SMILES string of the molecule is O=C1Cc2cc(NC(=O)n3ccnc3)c(Cl)cc2N1. The average Bonchev–Trinajstić information content (AvgIpc) is 2.97. The van der Waals surface area contributed by atoms with E-state index in [0.29, 0.717) is 22.8 Å². The Labute approximate surface area is 113 Å². The van der Waals surface area contributed by atoms with Crippen LogP contribution in [0.4, 0.5) is 16.2 Å². The molecule has 6 nitrogen and oxygen atoms in total. The highest BCUT2D eigenvalue weighted by molar-refractivity contribution is 6.34. The number of anilines is 2. The second-order valence-corrected chi connectivity index (χ2v) is 4.52. The molecule has 2 heterocycles. The number of imidazole rings is 1. The molecule has 2 amide bonds. The van der Waals surface area contributed by atoms with Gasteiger partial charge in [-0.2, -0.15) is 0 Å². The van der Waals surface area contributed by atoms with Crippen LogP contribution in [0, 0.1) is 0 Å². The van der Waals surface area contributed by atoms with E-state index in [4.69, 9.17) is 11.6 Å². The molecule has 19 heavy (non-hydrogen) atoms. The summed E-state index contributed by atoms with van der Waals surface area (Å²) in [6.07, 6.45) is 4.72. The van der Waals surface area contributed by atoms with E-state index in [2.05, 4.69) is 15.6 Å². The monoisotopic (exact) mass is 276 g/mol. The van der Waals surface area contributed by atoms with Gasteiger partial charge in [0.15, 0.2) is 0 Å². The van der Waals surface area contributed by atoms with Gasteiger partial charge in [0.1, 0.15) is 6.33 Å². The first kappa shape index (κ1) is 11.7. The smallest absolute Gasteiger partial charge is 0.325 e. The van der Waals surface area contributed by atoms with Gasteiger partial charge in [0.2, 0.25) is 5.91 Å². The molecule has 2 N–H and O–H groups in total. The van der Waals surface area contributed by atoms with E-state index in [0.717, 1.165) is 5.56 Å². The van der Waals surface area contributed by atoms with Crippen LogP contribution in [-0.4, -0.2) is 21.5 Å². The fourth-order valence-electron chi connectivity index (χ4n) is 1.90. The molecule has 2 aromatic rings. The lowest BCUT2D eigenvalue weighted by Crippen LogP contribution is -2.18. The number of nitrogens with one attached hydrogen (secondary N) is 2. The maximum Gasteiger partial charge on any atom is 0.331 e. The number of hydrogen-bond acceptors (Lipinski definition) is 3. The minimum atomic E-state index is -0.364. The summed E-state index contributed by atoms with van der Waals surface area (Å²) < 4.78 is 1.30. The van der Waals surface area contributed by atoms with E-state index in [-0.39, 0.29) is 11.9 Å². The van der Waals surface area contributed by atoms with Crippen LogP contribution < -0.4 is 10.6 Å². The molecule has 0 saturated heterocycles. The molecule has 1 aromatic carbocycles. The number of benzene rings is 1. The first-order valence-electron chi connectivity index (χ1n) is 5.55. The van der Waals surface area contributed by atoms with Crippen LogP contribution in [0.5, 0.6) is 0 Å². The average molecular weight is 277 g/mol. The lowest BCUT2D eigenvalue weighted by Gasteiger charge is -2.09. The van der Waals surface area contributed by atoms with Gasteiger partial charge >= 0.3 is 6.03 Å². The van der Waals surface area contributed by atoms with Gasteiger partial charge in [-0.3, -0.25) is 9.36 Å². The highest BCUT2D eigenvalue weighted by atomic mass is 35.5. The first-order chi connectivity index (χ1) is 9.13. The van der Waals surface area contributed by atoms with Crippen molar-refractivity contribution in [2.24, 2.45) is 0 Å². The largest absolute Gasteiger partial charge is 0.331 e. The molecule has 0 fully saturated rings. The number of aromatic nitrogens is 2. The molecule has 0 aliphatic carbocycles. The Bertz CT molecular complexity index is 667. The molecule has 1 aliphatic rings. The Morgan fingerprint density at radius 3 is 3.05 bits per heavy atom. The lowest BCUT2D eigenvalue weighted by atomic mass is 10.1. The topological polar surface area (TPSA) is 76.0 Å². The van der Waals surface area contributed by atoms with Gasteiger partial charge in [0.05, 0.1) is 17.1 Å². The third-order valence-electron chi connectivity index (χ3n) is 2.80. The zero-order valence-corrected chi connectivity index (χ0v) is 10.4. The van der Waals surface area contributed by atoms with Gasteiger partial charge in [-0.05, 0) is 17.7 Å². The predicted molar refractivity (Wildman–Crippen MR) is 70.4 cm³/mol. The summed E-state index contributed by atoms with van der Waals surface area (Å²) in [6, 6.07) is 2.96. The van der Waals surface area contributed by atoms with Crippen molar-refractivity contribution in [2.75, 3.05) is 10.6 Å². The van der Waals surface area contributed by atoms with Crippen molar-refractivity contribution in [1.29, 1.82) is 0 Å². The molecule has 1 aliphatic heterocycles. The van der Waals surface area contributed by atoms with E-state index in [1.165, 1.54) is 23.3 Å². The van der Waals surface area contributed by atoms with Crippen molar-refractivity contribution < 1.29 is 9.59 Å². The number of carbonyl (C=O) groups excluding carboxylic acids is 2. The molecule has 0 radical (unpaired) electrons. The van der Waals surface area contributed by atoms with E-state index >= 15 is 0 Å². The van der Waals surface area contributed by atoms with Gasteiger partial charge in [-0.1, -0.05) is 11.6 Å². The minimum Gasteiger partial charge on any atom is -0.325 e. The van der Waals surface area contributed by atoms with Crippen molar-refractivity contribution >= 4 is 34.9 Å². The number of nitrogens with zero attached hydrogens (tertiary/aromatic N) is 2. The van der Waals surface area contributed by atoms with Crippen LogP contribution in [0.15, 0.2) is 30.9 Å². The van der Waals surface area contributed by atoms with Gasteiger partial charge in [-0.15, -0.1) is 0 Å². The molecular weight excluding hydrogens is 268 g/mol.